The molecule has 0 unspecified atom stereocenters. The van der Waals surface area contributed by atoms with E-state index in [-0.39, 0.29) is 5.82 Å². The molecule has 0 amide bonds. The Morgan fingerprint density at radius 1 is 1.05 bits per heavy atom. The number of aromatic nitrogens is 2. The third-order valence-electron chi connectivity index (χ3n) is 2.96. The summed E-state index contributed by atoms with van der Waals surface area (Å²) in [4.78, 5) is 10.4. The molecule has 4 nitrogen and oxygen atoms in total. The quantitative estimate of drug-likeness (QED) is 0.671. The van der Waals surface area contributed by atoms with Gasteiger partial charge in [-0.3, -0.25) is 0 Å². The number of benzene rings is 2. The highest BCUT2D eigenvalue weighted by Crippen LogP contribution is 2.24. The molecule has 3 rings (SSSR count). The van der Waals surface area contributed by atoms with Crippen LogP contribution in [0.4, 0.5) is 10.1 Å². The lowest BCUT2D eigenvalue weighted by Gasteiger charge is -2.07. The summed E-state index contributed by atoms with van der Waals surface area (Å²) in [5.74, 6) is -0.315. The first-order valence-corrected chi connectivity index (χ1v) is 6.02. The SMILES string of the molecule is O=Nc1ccc(-c2ccnn2-c2cccc(F)c2)cc1. The molecule has 20 heavy (non-hydrogen) atoms. The molecule has 3 aromatic rings. The second-order valence-corrected chi connectivity index (χ2v) is 4.25. The predicted octanol–water partition coefficient (Wildman–Crippen LogP) is 4.08. The summed E-state index contributed by atoms with van der Waals surface area (Å²) >= 11 is 0. The first-order valence-electron chi connectivity index (χ1n) is 6.02. The van der Waals surface area contributed by atoms with Crippen molar-refractivity contribution in [2.75, 3.05) is 0 Å². The molecule has 0 bridgehead atoms. The molecule has 98 valence electrons. The molecule has 0 radical (unpaired) electrons. The van der Waals surface area contributed by atoms with Crippen LogP contribution in [-0.2, 0) is 0 Å². The van der Waals surface area contributed by atoms with Gasteiger partial charge in [0.1, 0.15) is 11.5 Å². The highest BCUT2D eigenvalue weighted by molar-refractivity contribution is 5.64. The molecular weight excluding hydrogens is 257 g/mol. The predicted molar refractivity (Wildman–Crippen MR) is 74.4 cm³/mol. The number of hydrogen-bond acceptors (Lipinski definition) is 3. The Labute approximate surface area is 114 Å². The van der Waals surface area contributed by atoms with Crippen LogP contribution in [0, 0.1) is 10.7 Å². The van der Waals surface area contributed by atoms with E-state index in [0.29, 0.717) is 11.4 Å². The Kier molecular flexibility index (Phi) is 3.09. The van der Waals surface area contributed by atoms with Gasteiger partial charge in [-0.1, -0.05) is 18.2 Å². The summed E-state index contributed by atoms with van der Waals surface area (Å²) < 4.78 is 14.9. The molecule has 0 aliphatic carbocycles. The molecule has 0 N–H and O–H groups in total. The Morgan fingerprint density at radius 2 is 1.85 bits per heavy atom. The highest BCUT2D eigenvalue weighted by Gasteiger charge is 2.08. The monoisotopic (exact) mass is 267 g/mol. The average Bonchev–Trinajstić information content (AvgIpc) is 2.97. The van der Waals surface area contributed by atoms with E-state index in [1.54, 1.807) is 47.3 Å². The normalized spacial score (nSPS) is 10.4. The minimum Gasteiger partial charge on any atom is -0.233 e. The molecular formula is C15H10FN3O. The van der Waals surface area contributed by atoms with Gasteiger partial charge in [0, 0.05) is 5.56 Å². The number of halogens is 1. The van der Waals surface area contributed by atoms with Gasteiger partial charge in [0.15, 0.2) is 0 Å². The fraction of sp³-hybridized carbons (Fsp3) is 0. The summed E-state index contributed by atoms with van der Waals surface area (Å²) in [6, 6.07) is 14.9. The van der Waals surface area contributed by atoms with Crippen molar-refractivity contribution in [3.05, 3.63) is 71.5 Å². The molecule has 1 heterocycles. The molecule has 0 atom stereocenters. The van der Waals surface area contributed by atoms with Gasteiger partial charge in [-0.05, 0) is 41.6 Å². The van der Waals surface area contributed by atoms with E-state index in [9.17, 15) is 9.30 Å². The zero-order valence-electron chi connectivity index (χ0n) is 10.4. The van der Waals surface area contributed by atoms with Crippen LogP contribution in [0.2, 0.25) is 0 Å². The molecule has 1 aromatic heterocycles. The van der Waals surface area contributed by atoms with Crippen LogP contribution in [0.1, 0.15) is 0 Å². The van der Waals surface area contributed by atoms with Crippen LogP contribution in [-0.4, -0.2) is 9.78 Å². The van der Waals surface area contributed by atoms with Crippen LogP contribution in [0.15, 0.2) is 66.0 Å². The van der Waals surface area contributed by atoms with Gasteiger partial charge in [0.25, 0.3) is 0 Å². The lowest BCUT2D eigenvalue weighted by atomic mass is 10.1. The van der Waals surface area contributed by atoms with Gasteiger partial charge in [0.2, 0.25) is 0 Å². The van der Waals surface area contributed by atoms with Crippen molar-refractivity contribution in [3.63, 3.8) is 0 Å². The van der Waals surface area contributed by atoms with Gasteiger partial charge < -0.3 is 0 Å². The average molecular weight is 267 g/mol. The second kappa shape index (κ2) is 5.05. The molecule has 0 spiro atoms. The van der Waals surface area contributed by atoms with E-state index < -0.39 is 0 Å². The Balaban J connectivity index is 2.07. The molecule has 0 saturated carbocycles. The summed E-state index contributed by atoms with van der Waals surface area (Å²) in [6.07, 6.45) is 1.64. The molecule has 0 aliphatic heterocycles. The molecule has 0 fully saturated rings. The number of nitrogens with zero attached hydrogens (tertiary/aromatic N) is 3. The Morgan fingerprint density at radius 3 is 2.55 bits per heavy atom. The maximum Gasteiger partial charge on any atom is 0.125 e. The lowest BCUT2D eigenvalue weighted by molar-refractivity contribution is 0.625. The summed E-state index contributed by atoms with van der Waals surface area (Å²) in [5.41, 5.74) is 2.69. The van der Waals surface area contributed by atoms with Crippen LogP contribution >= 0.6 is 0 Å². The van der Waals surface area contributed by atoms with E-state index >= 15 is 0 Å². The first kappa shape index (κ1) is 12.2. The Hall–Kier alpha value is -2.82. The zero-order valence-corrected chi connectivity index (χ0v) is 10.4. The van der Waals surface area contributed by atoms with Gasteiger partial charge in [-0.25, -0.2) is 9.07 Å². The van der Waals surface area contributed by atoms with Crippen molar-refractivity contribution in [2.45, 2.75) is 0 Å². The van der Waals surface area contributed by atoms with Gasteiger partial charge in [0.05, 0.1) is 17.6 Å². The van der Waals surface area contributed by atoms with Crippen molar-refractivity contribution in [2.24, 2.45) is 5.18 Å². The van der Waals surface area contributed by atoms with Crippen LogP contribution in [0.25, 0.3) is 16.9 Å². The zero-order chi connectivity index (χ0) is 13.9. The largest absolute Gasteiger partial charge is 0.233 e. The fourth-order valence-corrected chi connectivity index (χ4v) is 2.03. The van der Waals surface area contributed by atoms with E-state index in [2.05, 4.69) is 10.3 Å². The second-order valence-electron chi connectivity index (χ2n) is 4.25. The molecule has 2 aromatic carbocycles. The number of hydrogen-bond donors (Lipinski definition) is 0. The summed E-state index contributed by atoms with van der Waals surface area (Å²) in [6.45, 7) is 0. The third-order valence-corrected chi connectivity index (χ3v) is 2.96. The third kappa shape index (κ3) is 2.21. The van der Waals surface area contributed by atoms with Crippen molar-refractivity contribution >= 4 is 5.69 Å². The lowest BCUT2D eigenvalue weighted by Crippen LogP contribution is -1.99. The van der Waals surface area contributed by atoms with Gasteiger partial charge in [-0.15, -0.1) is 4.91 Å². The number of rotatable bonds is 3. The van der Waals surface area contributed by atoms with E-state index in [1.165, 1.54) is 12.1 Å². The van der Waals surface area contributed by atoms with E-state index in [1.807, 2.05) is 6.07 Å². The summed E-state index contributed by atoms with van der Waals surface area (Å²) in [5, 5.41) is 7.07. The Bertz CT molecular complexity index is 750. The van der Waals surface area contributed by atoms with Crippen molar-refractivity contribution in [1.29, 1.82) is 0 Å². The summed E-state index contributed by atoms with van der Waals surface area (Å²) in [7, 11) is 0. The topological polar surface area (TPSA) is 47.2 Å². The smallest absolute Gasteiger partial charge is 0.125 e. The molecule has 5 heteroatoms. The van der Waals surface area contributed by atoms with Crippen LogP contribution in [0.5, 0.6) is 0 Å². The van der Waals surface area contributed by atoms with Crippen LogP contribution < -0.4 is 0 Å². The van der Waals surface area contributed by atoms with Crippen molar-refractivity contribution < 1.29 is 4.39 Å². The highest BCUT2D eigenvalue weighted by atomic mass is 19.1. The molecule has 0 aliphatic rings. The fourth-order valence-electron chi connectivity index (χ4n) is 2.03. The van der Waals surface area contributed by atoms with Crippen molar-refractivity contribution in [1.82, 2.24) is 9.78 Å². The van der Waals surface area contributed by atoms with E-state index in [0.717, 1.165) is 11.3 Å². The van der Waals surface area contributed by atoms with E-state index in [4.69, 9.17) is 0 Å². The van der Waals surface area contributed by atoms with Gasteiger partial charge >= 0.3 is 0 Å². The first-order chi connectivity index (χ1) is 9.78. The maximum atomic E-state index is 13.3. The van der Waals surface area contributed by atoms with Crippen LogP contribution in [0.3, 0.4) is 0 Å². The maximum absolute atomic E-state index is 13.3. The van der Waals surface area contributed by atoms with Crippen molar-refractivity contribution in [3.8, 4) is 16.9 Å². The molecule has 0 saturated heterocycles. The standard InChI is InChI=1S/C15H10FN3O/c16-12-2-1-3-14(10-12)19-15(8-9-17-19)11-4-6-13(18-20)7-5-11/h1-10H. The number of nitroso groups, excluding NO2 is 1. The minimum absolute atomic E-state index is 0.315. The van der Waals surface area contributed by atoms with Gasteiger partial charge in [-0.2, -0.15) is 5.10 Å². The minimum atomic E-state index is -0.315.